The van der Waals surface area contributed by atoms with Gasteiger partial charge in [0, 0.05) is 22.1 Å². The molecule has 0 fully saturated rings. The summed E-state index contributed by atoms with van der Waals surface area (Å²) in [5.74, 6) is -0.843. The Morgan fingerprint density at radius 1 is 1.00 bits per heavy atom. The standard InChI is InChI=1S/C29H33BrClN3O4S/c1-5-20(2)32-29(36)22(4)33(18-23-11-9-12-24(30)17-23)28(35)19-34(27-16-10-15-26(31)21(27)3)39(37,38)25-13-7-6-8-14-25/h6-17,20,22H,5,18-19H2,1-4H3,(H,32,36)/t20-,22+/m1/s1. The van der Waals surface area contributed by atoms with E-state index in [2.05, 4.69) is 21.2 Å². The lowest BCUT2D eigenvalue weighted by Gasteiger charge is -2.33. The third-order valence-electron chi connectivity index (χ3n) is 6.53. The van der Waals surface area contributed by atoms with E-state index in [-0.39, 0.29) is 23.4 Å². The minimum absolute atomic E-state index is 0.0401. The molecule has 3 rings (SSSR count). The van der Waals surface area contributed by atoms with Crippen LogP contribution in [-0.4, -0.2) is 43.8 Å². The number of halogens is 2. The van der Waals surface area contributed by atoms with Crippen molar-refractivity contribution >= 4 is 55.1 Å². The fourth-order valence-electron chi connectivity index (χ4n) is 3.98. The first-order valence-electron chi connectivity index (χ1n) is 12.6. The molecule has 0 aliphatic rings. The number of amides is 2. The summed E-state index contributed by atoms with van der Waals surface area (Å²) in [7, 11) is -4.15. The smallest absolute Gasteiger partial charge is 0.264 e. The molecular weight excluding hydrogens is 602 g/mol. The first-order chi connectivity index (χ1) is 18.4. The maximum atomic E-state index is 14.0. The average Bonchev–Trinajstić information content (AvgIpc) is 2.92. The van der Waals surface area contributed by atoms with Crippen LogP contribution in [0.2, 0.25) is 5.02 Å². The van der Waals surface area contributed by atoms with E-state index in [1.165, 1.54) is 17.0 Å². The molecule has 2 atom stereocenters. The van der Waals surface area contributed by atoms with E-state index in [9.17, 15) is 18.0 Å². The van der Waals surface area contributed by atoms with Crippen LogP contribution in [-0.2, 0) is 26.2 Å². The Bertz CT molecular complexity index is 1420. The van der Waals surface area contributed by atoms with Gasteiger partial charge in [0.15, 0.2) is 0 Å². The second kappa shape index (κ2) is 13.5. The van der Waals surface area contributed by atoms with Crippen LogP contribution in [0.4, 0.5) is 5.69 Å². The van der Waals surface area contributed by atoms with Gasteiger partial charge in [-0.05, 0) is 74.7 Å². The number of carbonyl (C=O) groups excluding carboxylic acids is 2. The lowest BCUT2D eigenvalue weighted by molar-refractivity contribution is -0.139. The SMILES string of the molecule is CC[C@@H](C)NC(=O)[C@H](C)N(Cc1cccc(Br)c1)C(=O)CN(c1cccc(Cl)c1C)S(=O)(=O)c1ccccc1. The second-order valence-corrected chi connectivity index (χ2v) is 12.5. The molecular formula is C29H33BrClN3O4S. The molecule has 0 radical (unpaired) electrons. The van der Waals surface area contributed by atoms with Crippen molar-refractivity contribution in [3.05, 3.63) is 93.4 Å². The van der Waals surface area contributed by atoms with E-state index < -0.39 is 28.5 Å². The Morgan fingerprint density at radius 3 is 2.31 bits per heavy atom. The third-order valence-corrected chi connectivity index (χ3v) is 9.20. The molecule has 208 valence electrons. The van der Waals surface area contributed by atoms with Gasteiger partial charge >= 0.3 is 0 Å². The van der Waals surface area contributed by atoms with E-state index in [0.717, 1.165) is 20.8 Å². The van der Waals surface area contributed by atoms with Crippen LogP contribution < -0.4 is 9.62 Å². The normalized spacial score (nSPS) is 12.9. The molecule has 1 N–H and O–H groups in total. The predicted octanol–water partition coefficient (Wildman–Crippen LogP) is 5.94. The largest absolute Gasteiger partial charge is 0.352 e. The molecule has 0 aliphatic carbocycles. The van der Waals surface area contributed by atoms with Gasteiger partial charge in [0.1, 0.15) is 12.6 Å². The van der Waals surface area contributed by atoms with Crippen molar-refractivity contribution in [1.82, 2.24) is 10.2 Å². The fourth-order valence-corrected chi connectivity index (χ4v) is 6.09. The van der Waals surface area contributed by atoms with E-state index in [1.54, 1.807) is 50.2 Å². The zero-order valence-corrected chi connectivity index (χ0v) is 25.6. The molecule has 3 aromatic carbocycles. The van der Waals surface area contributed by atoms with E-state index in [4.69, 9.17) is 11.6 Å². The Kier molecular flexibility index (Phi) is 10.6. The molecule has 0 bridgehead atoms. The summed E-state index contributed by atoms with van der Waals surface area (Å²) in [5.41, 5.74) is 1.60. The maximum absolute atomic E-state index is 14.0. The summed E-state index contributed by atoms with van der Waals surface area (Å²) in [6.07, 6.45) is 0.731. The number of rotatable bonds is 11. The first-order valence-corrected chi connectivity index (χ1v) is 15.2. The summed E-state index contributed by atoms with van der Waals surface area (Å²) in [6, 6.07) is 19.3. The van der Waals surface area contributed by atoms with Gasteiger partial charge in [0.2, 0.25) is 11.8 Å². The van der Waals surface area contributed by atoms with Gasteiger partial charge in [-0.25, -0.2) is 8.42 Å². The van der Waals surface area contributed by atoms with Gasteiger partial charge in [-0.2, -0.15) is 0 Å². The molecule has 39 heavy (non-hydrogen) atoms. The third kappa shape index (κ3) is 7.62. The summed E-state index contributed by atoms with van der Waals surface area (Å²) >= 11 is 9.81. The minimum atomic E-state index is -4.15. The van der Waals surface area contributed by atoms with Crippen LogP contribution in [0.25, 0.3) is 0 Å². The predicted molar refractivity (Wildman–Crippen MR) is 159 cm³/mol. The highest BCUT2D eigenvalue weighted by atomic mass is 79.9. The van der Waals surface area contributed by atoms with Gasteiger partial charge in [0.25, 0.3) is 10.0 Å². The average molecular weight is 635 g/mol. The van der Waals surface area contributed by atoms with E-state index in [1.807, 2.05) is 38.1 Å². The Morgan fingerprint density at radius 2 is 1.67 bits per heavy atom. The first kappa shape index (κ1) is 30.7. The number of anilines is 1. The van der Waals surface area contributed by atoms with Crippen LogP contribution in [0.1, 0.15) is 38.3 Å². The lowest BCUT2D eigenvalue weighted by Crippen LogP contribution is -2.52. The van der Waals surface area contributed by atoms with Gasteiger partial charge in [-0.1, -0.05) is 70.9 Å². The van der Waals surface area contributed by atoms with E-state index >= 15 is 0 Å². The highest BCUT2D eigenvalue weighted by Crippen LogP contribution is 2.31. The number of carbonyl (C=O) groups is 2. The Labute approximate surface area is 244 Å². The van der Waals surface area contributed by atoms with Gasteiger partial charge < -0.3 is 10.2 Å². The van der Waals surface area contributed by atoms with Gasteiger partial charge in [-0.3, -0.25) is 13.9 Å². The number of nitrogens with zero attached hydrogens (tertiary/aromatic N) is 2. The summed E-state index contributed by atoms with van der Waals surface area (Å²) < 4.78 is 29.6. The van der Waals surface area contributed by atoms with Crippen LogP contribution >= 0.6 is 27.5 Å². The van der Waals surface area contributed by atoms with Crippen molar-refractivity contribution < 1.29 is 18.0 Å². The number of nitrogens with one attached hydrogen (secondary N) is 1. The van der Waals surface area contributed by atoms with Crippen molar-refractivity contribution in [2.45, 2.75) is 57.6 Å². The van der Waals surface area contributed by atoms with Crippen molar-refractivity contribution in [3.8, 4) is 0 Å². The molecule has 7 nitrogen and oxygen atoms in total. The molecule has 0 aliphatic heterocycles. The lowest BCUT2D eigenvalue weighted by atomic mass is 10.1. The highest BCUT2D eigenvalue weighted by Gasteiger charge is 2.33. The molecule has 3 aromatic rings. The number of benzene rings is 3. The van der Waals surface area contributed by atoms with Crippen molar-refractivity contribution in [1.29, 1.82) is 0 Å². The van der Waals surface area contributed by atoms with Gasteiger partial charge in [0.05, 0.1) is 10.6 Å². The zero-order chi connectivity index (χ0) is 28.7. The maximum Gasteiger partial charge on any atom is 0.264 e. The quantitative estimate of drug-likeness (QED) is 0.283. The second-order valence-electron chi connectivity index (χ2n) is 9.35. The topological polar surface area (TPSA) is 86.8 Å². The molecule has 0 heterocycles. The van der Waals surface area contributed by atoms with Gasteiger partial charge in [-0.15, -0.1) is 0 Å². The summed E-state index contributed by atoms with van der Waals surface area (Å²) in [5, 5.41) is 3.30. The number of sulfonamides is 1. The van der Waals surface area contributed by atoms with Crippen LogP contribution in [0.5, 0.6) is 0 Å². The van der Waals surface area contributed by atoms with Crippen LogP contribution in [0, 0.1) is 6.92 Å². The van der Waals surface area contributed by atoms with Crippen molar-refractivity contribution in [2.24, 2.45) is 0 Å². The number of hydrogen-bond acceptors (Lipinski definition) is 4. The zero-order valence-electron chi connectivity index (χ0n) is 22.4. The molecule has 10 heteroatoms. The van der Waals surface area contributed by atoms with Crippen LogP contribution in [0.3, 0.4) is 0 Å². The molecule has 0 saturated heterocycles. The monoisotopic (exact) mass is 633 g/mol. The summed E-state index contributed by atoms with van der Waals surface area (Å²) in [4.78, 5) is 28.6. The fraction of sp³-hybridized carbons (Fsp3) is 0.310. The Balaban J connectivity index is 2.06. The summed E-state index contributed by atoms with van der Waals surface area (Å²) in [6.45, 7) is 6.79. The molecule has 0 spiro atoms. The highest BCUT2D eigenvalue weighted by molar-refractivity contribution is 9.10. The number of hydrogen-bond donors (Lipinski definition) is 1. The molecule has 0 unspecified atom stereocenters. The Hall–Kier alpha value is -2.88. The van der Waals surface area contributed by atoms with Crippen molar-refractivity contribution in [3.63, 3.8) is 0 Å². The molecule has 0 saturated carbocycles. The van der Waals surface area contributed by atoms with E-state index in [0.29, 0.717) is 16.3 Å². The van der Waals surface area contributed by atoms with Crippen molar-refractivity contribution in [2.75, 3.05) is 10.8 Å². The minimum Gasteiger partial charge on any atom is -0.352 e. The molecule has 2 amide bonds. The van der Waals surface area contributed by atoms with Crippen LogP contribution in [0.15, 0.2) is 82.2 Å². The molecule has 0 aromatic heterocycles.